The molecular formula is C42H37N3S. The molecule has 1 aliphatic heterocycles. The molecule has 2 atom stereocenters. The molecule has 0 saturated carbocycles. The van der Waals surface area contributed by atoms with Gasteiger partial charge in [-0.2, -0.15) is 0 Å². The van der Waals surface area contributed by atoms with E-state index in [1.165, 1.54) is 77.0 Å². The molecule has 9 rings (SSSR count). The fourth-order valence-corrected chi connectivity index (χ4v) is 8.99. The summed E-state index contributed by atoms with van der Waals surface area (Å²) in [7, 11) is 0. The Bertz CT molecular complexity index is 2250. The number of nitrogens with one attached hydrogen (secondary N) is 2. The van der Waals surface area contributed by atoms with Gasteiger partial charge >= 0.3 is 0 Å². The molecule has 1 aromatic heterocycles. The molecule has 2 unspecified atom stereocenters. The Labute approximate surface area is 274 Å². The number of fused-ring (bicyclic) bond motifs is 7. The van der Waals surface area contributed by atoms with Gasteiger partial charge < -0.3 is 10.6 Å². The van der Waals surface area contributed by atoms with Crippen molar-refractivity contribution in [3.8, 4) is 0 Å². The minimum absolute atomic E-state index is 0.0941. The minimum Gasteiger partial charge on any atom is -0.363 e. The maximum atomic E-state index is 5.27. The van der Waals surface area contributed by atoms with Crippen LogP contribution in [0.1, 0.15) is 50.5 Å². The van der Waals surface area contributed by atoms with Crippen molar-refractivity contribution in [1.82, 2.24) is 5.32 Å². The van der Waals surface area contributed by atoms with E-state index in [2.05, 4.69) is 126 Å². The van der Waals surface area contributed by atoms with Crippen molar-refractivity contribution in [2.75, 3.05) is 5.32 Å². The van der Waals surface area contributed by atoms with Crippen LogP contribution >= 0.6 is 11.3 Å². The zero-order valence-corrected chi connectivity index (χ0v) is 26.7. The quantitative estimate of drug-likeness (QED) is 0.197. The number of aliphatic imine (C=N–C) groups is 1. The molecule has 0 saturated heterocycles. The van der Waals surface area contributed by atoms with E-state index in [-0.39, 0.29) is 6.17 Å². The van der Waals surface area contributed by atoms with E-state index < -0.39 is 0 Å². The minimum atomic E-state index is -0.0941. The average molecular weight is 616 g/mol. The van der Waals surface area contributed by atoms with Gasteiger partial charge in [0.25, 0.3) is 0 Å². The Balaban J connectivity index is 1.22. The summed E-state index contributed by atoms with van der Waals surface area (Å²) >= 11 is 1.94. The van der Waals surface area contributed by atoms with E-state index in [1.807, 2.05) is 11.3 Å². The zero-order valence-electron chi connectivity index (χ0n) is 25.9. The molecule has 3 nitrogen and oxygen atoms in total. The van der Waals surface area contributed by atoms with E-state index in [9.17, 15) is 0 Å². The SMILES string of the molecule is C1=CCC(C2=CC(Nc3ccc4c(sc5ccc6ccc7ccccc7c6c54)c3C3=CCCCC3)=NC(C3=CCCC=C3)N2)C=C1. The molecule has 0 radical (unpaired) electrons. The van der Waals surface area contributed by atoms with Crippen LogP contribution in [0.15, 0.2) is 132 Å². The van der Waals surface area contributed by atoms with Crippen LogP contribution in [0, 0.1) is 5.92 Å². The Hall–Kier alpha value is -4.67. The van der Waals surface area contributed by atoms with Gasteiger partial charge in [0.2, 0.25) is 0 Å². The fraction of sp³-hybridized carbons (Fsp3) is 0.214. The lowest BCUT2D eigenvalue weighted by Gasteiger charge is -2.30. The molecular weight excluding hydrogens is 579 g/mol. The summed E-state index contributed by atoms with van der Waals surface area (Å²) in [4.78, 5) is 5.27. The summed E-state index contributed by atoms with van der Waals surface area (Å²) in [6, 6.07) is 22.7. The zero-order chi connectivity index (χ0) is 30.5. The molecule has 3 aliphatic carbocycles. The molecule has 4 aromatic carbocycles. The largest absolute Gasteiger partial charge is 0.363 e. The molecule has 226 valence electrons. The van der Waals surface area contributed by atoms with Crippen molar-refractivity contribution < 1.29 is 0 Å². The number of nitrogens with zero attached hydrogens (tertiary/aromatic N) is 1. The summed E-state index contributed by atoms with van der Waals surface area (Å²) in [6.07, 6.45) is 28.3. The van der Waals surface area contributed by atoms with Gasteiger partial charge in [0.05, 0.1) is 0 Å². The van der Waals surface area contributed by atoms with Crippen LogP contribution in [0.4, 0.5) is 5.69 Å². The van der Waals surface area contributed by atoms with Gasteiger partial charge in [0.1, 0.15) is 12.0 Å². The van der Waals surface area contributed by atoms with Crippen molar-refractivity contribution in [1.29, 1.82) is 0 Å². The summed E-state index contributed by atoms with van der Waals surface area (Å²) in [5.41, 5.74) is 6.46. The number of amidine groups is 1. The number of allylic oxidation sites excluding steroid dienone is 8. The first kappa shape index (κ1) is 27.6. The molecule has 46 heavy (non-hydrogen) atoms. The van der Waals surface area contributed by atoms with Gasteiger partial charge in [-0.15, -0.1) is 11.3 Å². The molecule has 5 aromatic rings. The molecule has 2 heterocycles. The van der Waals surface area contributed by atoms with Crippen molar-refractivity contribution in [2.24, 2.45) is 10.9 Å². The number of benzene rings is 4. The molecule has 0 bridgehead atoms. The first-order valence-corrected chi connectivity index (χ1v) is 17.6. The van der Waals surface area contributed by atoms with E-state index in [0.29, 0.717) is 5.92 Å². The normalized spacial score (nSPS) is 21.3. The summed E-state index contributed by atoms with van der Waals surface area (Å²) < 4.78 is 2.73. The van der Waals surface area contributed by atoms with E-state index in [1.54, 1.807) is 0 Å². The smallest absolute Gasteiger partial charge is 0.146 e. The Morgan fingerprint density at radius 1 is 0.804 bits per heavy atom. The summed E-state index contributed by atoms with van der Waals surface area (Å²) in [5, 5.41) is 15.7. The average Bonchev–Trinajstić information content (AvgIpc) is 3.51. The Morgan fingerprint density at radius 2 is 1.74 bits per heavy atom. The van der Waals surface area contributed by atoms with Gasteiger partial charge in [0.15, 0.2) is 0 Å². The highest BCUT2D eigenvalue weighted by atomic mass is 32.1. The van der Waals surface area contributed by atoms with Gasteiger partial charge in [-0.25, -0.2) is 4.99 Å². The van der Waals surface area contributed by atoms with Crippen LogP contribution in [-0.2, 0) is 0 Å². The standard InChI is InChI=1S/C42H37N3S/c1-4-13-28(14-5-1)35-26-37(45-42(44-35)31-17-8-3-9-18-31)43-34-24-23-33-40-36(46-41(33)39(34)29-15-6-2-7-16-29)25-22-30-21-20-27-12-10-11-19-32(27)38(30)40/h1,4-5,8,10-13,15,17-26,28,42,44H,2-3,6-7,9,14,16H2,(H,43,45). The second-order valence-corrected chi connectivity index (χ2v) is 13.9. The number of anilines is 1. The summed E-state index contributed by atoms with van der Waals surface area (Å²) in [5.74, 6) is 1.25. The number of rotatable bonds is 4. The second kappa shape index (κ2) is 11.6. The molecule has 2 N–H and O–H groups in total. The first-order chi connectivity index (χ1) is 22.8. The lowest BCUT2D eigenvalue weighted by atomic mass is 9.90. The summed E-state index contributed by atoms with van der Waals surface area (Å²) in [6.45, 7) is 0. The molecule has 4 aliphatic rings. The van der Waals surface area contributed by atoms with E-state index >= 15 is 0 Å². The monoisotopic (exact) mass is 615 g/mol. The van der Waals surface area contributed by atoms with Crippen molar-refractivity contribution in [2.45, 2.75) is 51.1 Å². The lowest BCUT2D eigenvalue weighted by Crippen LogP contribution is -2.37. The third-order valence-electron chi connectivity index (χ3n) is 9.97. The highest BCUT2D eigenvalue weighted by Gasteiger charge is 2.25. The van der Waals surface area contributed by atoms with E-state index in [4.69, 9.17) is 4.99 Å². The highest BCUT2D eigenvalue weighted by Crippen LogP contribution is 2.47. The van der Waals surface area contributed by atoms with Crippen molar-refractivity contribution in [3.05, 3.63) is 132 Å². The Kier molecular flexibility index (Phi) is 6.97. The fourth-order valence-electron chi connectivity index (χ4n) is 7.70. The third kappa shape index (κ3) is 4.83. The van der Waals surface area contributed by atoms with Crippen molar-refractivity contribution >= 4 is 70.2 Å². The number of thiophene rings is 1. The number of hydrogen-bond donors (Lipinski definition) is 2. The molecule has 0 spiro atoms. The van der Waals surface area contributed by atoms with Crippen LogP contribution in [0.2, 0.25) is 0 Å². The third-order valence-corrected chi connectivity index (χ3v) is 11.2. The molecule has 4 heteroatoms. The molecule has 0 amide bonds. The van der Waals surface area contributed by atoms with Crippen LogP contribution in [0.3, 0.4) is 0 Å². The van der Waals surface area contributed by atoms with Crippen LogP contribution in [-0.4, -0.2) is 12.0 Å². The highest BCUT2D eigenvalue weighted by molar-refractivity contribution is 7.26. The second-order valence-electron chi connectivity index (χ2n) is 12.9. The maximum Gasteiger partial charge on any atom is 0.146 e. The molecule has 0 fully saturated rings. The van der Waals surface area contributed by atoms with Gasteiger partial charge in [-0.1, -0.05) is 97.1 Å². The topological polar surface area (TPSA) is 36.4 Å². The predicted octanol–water partition coefficient (Wildman–Crippen LogP) is 11.4. The van der Waals surface area contributed by atoms with Crippen molar-refractivity contribution in [3.63, 3.8) is 0 Å². The lowest BCUT2D eigenvalue weighted by molar-refractivity contribution is 0.589. The van der Waals surface area contributed by atoms with Crippen LogP contribution in [0.25, 0.3) is 47.3 Å². The Morgan fingerprint density at radius 3 is 2.61 bits per heavy atom. The predicted molar refractivity (Wildman–Crippen MR) is 200 cm³/mol. The van der Waals surface area contributed by atoms with Gasteiger partial charge in [0, 0.05) is 49.1 Å². The number of hydrogen-bond acceptors (Lipinski definition) is 4. The van der Waals surface area contributed by atoms with Gasteiger partial charge in [-0.3, -0.25) is 0 Å². The van der Waals surface area contributed by atoms with Crippen LogP contribution in [0.5, 0.6) is 0 Å². The first-order valence-electron chi connectivity index (χ1n) is 16.8. The van der Waals surface area contributed by atoms with Crippen LogP contribution < -0.4 is 10.6 Å². The van der Waals surface area contributed by atoms with E-state index in [0.717, 1.165) is 43.6 Å². The maximum absolute atomic E-state index is 5.27. The van der Waals surface area contributed by atoms with Gasteiger partial charge in [-0.05, 0) is 89.8 Å².